The van der Waals surface area contributed by atoms with Gasteiger partial charge in [0, 0.05) is 18.3 Å². The van der Waals surface area contributed by atoms with Gasteiger partial charge in [-0.15, -0.1) is 10.2 Å². The smallest absolute Gasteiger partial charge is 0.257 e. The monoisotopic (exact) mass is 491 g/mol. The molecule has 35 heavy (non-hydrogen) atoms. The maximum atomic E-state index is 13.1. The number of nitrogens with one attached hydrogen (secondary N) is 2. The number of anilines is 2. The van der Waals surface area contributed by atoms with Crippen molar-refractivity contribution in [1.82, 2.24) is 14.8 Å². The van der Waals surface area contributed by atoms with Gasteiger partial charge in [0.25, 0.3) is 5.91 Å². The summed E-state index contributed by atoms with van der Waals surface area (Å²) in [4.78, 5) is 25.4. The number of aromatic nitrogens is 3. The lowest BCUT2D eigenvalue weighted by molar-refractivity contribution is -0.113. The van der Waals surface area contributed by atoms with Gasteiger partial charge in [-0.3, -0.25) is 9.59 Å². The molecule has 0 fully saturated rings. The van der Waals surface area contributed by atoms with Crippen molar-refractivity contribution < 1.29 is 18.7 Å². The van der Waals surface area contributed by atoms with Crippen LogP contribution in [0.25, 0.3) is 11.4 Å². The number of methoxy groups -OCH3 is 1. The quantitative estimate of drug-likeness (QED) is 0.349. The zero-order valence-corrected chi connectivity index (χ0v) is 19.8. The van der Waals surface area contributed by atoms with Gasteiger partial charge in [0.1, 0.15) is 11.6 Å². The van der Waals surface area contributed by atoms with Crippen LogP contribution in [0.3, 0.4) is 0 Å². The number of hydrogen-bond acceptors (Lipinski definition) is 6. The molecule has 4 rings (SSSR count). The highest BCUT2D eigenvalue weighted by Crippen LogP contribution is 2.26. The predicted octanol–water partition coefficient (Wildman–Crippen LogP) is 4.61. The zero-order valence-electron chi connectivity index (χ0n) is 19.0. The largest absolute Gasteiger partial charge is 0.497 e. The Morgan fingerprint density at radius 1 is 1.00 bits per heavy atom. The summed E-state index contributed by atoms with van der Waals surface area (Å²) in [5.74, 6) is 0.305. The van der Waals surface area contributed by atoms with Crippen LogP contribution in [0.1, 0.15) is 10.4 Å². The van der Waals surface area contributed by atoms with Gasteiger partial charge in [-0.25, -0.2) is 4.39 Å². The molecule has 4 aromatic rings. The molecule has 2 amide bonds. The molecule has 0 radical (unpaired) electrons. The average Bonchev–Trinajstić information content (AvgIpc) is 3.24. The van der Waals surface area contributed by atoms with Crippen LogP contribution in [0, 0.1) is 5.82 Å². The molecule has 1 aromatic heterocycles. The van der Waals surface area contributed by atoms with Crippen LogP contribution < -0.4 is 15.4 Å². The van der Waals surface area contributed by atoms with Crippen LogP contribution >= 0.6 is 11.8 Å². The second-order valence-corrected chi connectivity index (χ2v) is 8.38. The number of ether oxygens (including phenoxy) is 1. The van der Waals surface area contributed by atoms with E-state index in [1.807, 2.05) is 31.3 Å². The Balaban J connectivity index is 1.40. The van der Waals surface area contributed by atoms with E-state index in [9.17, 15) is 14.0 Å². The number of halogens is 1. The van der Waals surface area contributed by atoms with Gasteiger partial charge in [-0.2, -0.15) is 0 Å². The molecule has 178 valence electrons. The summed E-state index contributed by atoms with van der Waals surface area (Å²) in [5, 5.41) is 14.5. The molecular weight excluding hydrogens is 469 g/mol. The van der Waals surface area contributed by atoms with E-state index in [1.165, 1.54) is 36.0 Å². The Morgan fingerprint density at radius 3 is 2.54 bits per heavy atom. The number of para-hydroxylation sites is 1. The Morgan fingerprint density at radius 2 is 1.77 bits per heavy atom. The third-order valence-corrected chi connectivity index (χ3v) is 6.06. The molecule has 10 heteroatoms. The van der Waals surface area contributed by atoms with E-state index < -0.39 is 11.7 Å². The van der Waals surface area contributed by atoms with Crippen LogP contribution in [0.15, 0.2) is 78.0 Å². The Hall–Kier alpha value is -4.18. The van der Waals surface area contributed by atoms with Crippen molar-refractivity contribution in [2.45, 2.75) is 5.16 Å². The third kappa shape index (κ3) is 5.85. The first-order valence-corrected chi connectivity index (χ1v) is 11.6. The van der Waals surface area contributed by atoms with E-state index >= 15 is 0 Å². The molecule has 1 heterocycles. The summed E-state index contributed by atoms with van der Waals surface area (Å²) in [6.07, 6.45) is 0. The second-order valence-electron chi connectivity index (χ2n) is 7.44. The fourth-order valence-corrected chi connectivity index (χ4v) is 4.00. The molecule has 8 nitrogen and oxygen atoms in total. The topological polar surface area (TPSA) is 98.1 Å². The van der Waals surface area contributed by atoms with Crippen molar-refractivity contribution in [1.29, 1.82) is 0 Å². The minimum Gasteiger partial charge on any atom is -0.497 e. The van der Waals surface area contributed by atoms with Crippen LogP contribution in [-0.4, -0.2) is 39.4 Å². The number of thioether (sulfide) groups is 1. The number of nitrogens with zero attached hydrogens (tertiary/aromatic N) is 3. The highest BCUT2D eigenvalue weighted by atomic mass is 32.2. The van der Waals surface area contributed by atoms with Crippen molar-refractivity contribution in [3.63, 3.8) is 0 Å². The van der Waals surface area contributed by atoms with Gasteiger partial charge in [0.15, 0.2) is 11.0 Å². The van der Waals surface area contributed by atoms with Gasteiger partial charge < -0.3 is 19.9 Å². The van der Waals surface area contributed by atoms with Crippen LogP contribution in [0.4, 0.5) is 15.8 Å². The molecule has 0 spiro atoms. The number of amides is 2. The fraction of sp³-hybridized carbons (Fsp3) is 0.120. The van der Waals surface area contributed by atoms with Gasteiger partial charge in [-0.05, 0) is 48.5 Å². The van der Waals surface area contributed by atoms with Crippen LogP contribution in [0.5, 0.6) is 5.75 Å². The van der Waals surface area contributed by atoms with Gasteiger partial charge in [0.05, 0.1) is 24.1 Å². The number of benzene rings is 3. The lowest BCUT2D eigenvalue weighted by Crippen LogP contribution is -2.19. The zero-order chi connectivity index (χ0) is 24.8. The van der Waals surface area contributed by atoms with E-state index in [2.05, 4.69) is 20.8 Å². The predicted molar refractivity (Wildman–Crippen MR) is 133 cm³/mol. The highest BCUT2D eigenvalue weighted by Gasteiger charge is 2.16. The first-order valence-electron chi connectivity index (χ1n) is 10.6. The lowest BCUT2D eigenvalue weighted by atomic mass is 10.1. The summed E-state index contributed by atoms with van der Waals surface area (Å²) < 4.78 is 20.2. The Kier molecular flexibility index (Phi) is 7.41. The standard InChI is InChI=1S/C25H22FN5O3S/c1-31-23(16-6-5-7-19(14-16)34-2)29-30-25(31)35-15-22(32)28-21-9-4-3-8-20(21)24(33)27-18-12-10-17(26)11-13-18/h3-14H,15H2,1-2H3,(H,27,33)(H,28,32). The van der Waals surface area contributed by atoms with Gasteiger partial charge in [-0.1, -0.05) is 36.0 Å². The molecule has 0 aliphatic heterocycles. The number of carbonyl (C=O) groups excluding carboxylic acids is 2. The first kappa shape index (κ1) is 24.0. The van der Waals surface area contributed by atoms with E-state index in [-0.39, 0.29) is 17.2 Å². The van der Waals surface area contributed by atoms with E-state index in [1.54, 1.807) is 35.9 Å². The lowest BCUT2D eigenvalue weighted by Gasteiger charge is -2.11. The number of carbonyl (C=O) groups is 2. The van der Waals surface area contributed by atoms with Crippen molar-refractivity contribution >= 4 is 35.0 Å². The van der Waals surface area contributed by atoms with Crippen molar-refractivity contribution in [3.05, 3.63) is 84.2 Å². The van der Waals surface area contributed by atoms with Gasteiger partial charge >= 0.3 is 0 Å². The Bertz CT molecular complexity index is 1360. The summed E-state index contributed by atoms with van der Waals surface area (Å²) in [5.41, 5.74) is 1.95. The fourth-order valence-electron chi connectivity index (χ4n) is 3.29. The summed E-state index contributed by atoms with van der Waals surface area (Å²) >= 11 is 1.23. The third-order valence-electron chi connectivity index (χ3n) is 5.04. The van der Waals surface area contributed by atoms with Crippen LogP contribution in [0.2, 0.25) is 0 Å². The molecule has 0 aliphatic carbocycles. The van der Waals surface area contributed by atoms with Gasteiger partial charge in [0.2, 0.25) is 5.91 Å². The molecule has 0 saturated heterocycles. The van der Waals surface area contributed by atoms with Crippen molar-refractivity contribution in [3.8, 4) is 17.1 Å². The summed E-state index contributed by atoms with van der Waals surface area (Å²) in [6, 6.07) is 19.6. The molecule has 0 aliphatic rings. The molecule has 0 bridgehead atoms. The average molecular weight is 492 g/mol. The molecule has 3 aromatic carbocycles. The number of hydrogen-bond donors (Lipinski definition) is 2. The Labute approximate surface area is 205 Å². The maximum absolute atomic E-state index is 13.1. The SMILES string of the molecule is COc1cccc(-c2nnc(SCC(=O)Nc3ccccc3C(=O)Nc3ccc(F)cc3)n2C)c1. The van der Waals surface area contributed by atoms with Crippen molar-refractivity contribution in [2.24, 2.45) is 7.05 Å². The minimum absolute atomic E-state index is 0.0675. The first-order chi connectivity index (χ1) is 16.9. The van der Waals surface area contributed by atoms with Crippen molar-refractivity contribution in [2.75, 3.05) is 23.5 Å². The summed E-state index contributed by atoms with van der Waals surface area (Å²) in [7, 11) is 3.42. The molecule has 0 atom stereocenters. The van der Waals surface area contributed by atoms with E-state index in [0.717, 1.165) is 5.56 Å². The minimum atomic E-state index is -0.420. The molecular formula is C25H22FN5O3S. The maximum Gasteiger partial charge on any atom is 0.257 e. The molecule has 0 saturated carbocycles. The second kappa shape index (κ2) is 10.8. The van der Waals surface area contributed by atoms with Crippen LogP contribution in [-0.2, 0) is 11.8 Å². The molecule has 2 N–H and O–H groups in total. The normalized spacial score (nSPS) is 10.6. The highest BCUT2D eigenvalue weighted by molar-refractivity contribution is 7.99. The summed E-state index contributed by atoms with van der Waals surface area (Å²) in [6.45, 7) is 0. The molecule has 0 unspecified atom stereocenters. The number of rotatable bonds is 8. The van der Waals surface area contributed by atoms with E-state index in [4.69, 9.17) is 4.74 Å². The van der Waals surface area contributed by atoms with E-state index in [0.29, 0.717) is 28.1 Å².